The second kappa shape index (κ2) is 5.34. The molecule has 2 aliphatic heterocycles. The third-order valence-electron chi connectivity index (χ3n) is 4.26. The van der Waals surface area contributed by atoms with Crippen molar-refractivity contribution in [1.82, 2.24) is 10.1 Å². The molecule has 1 N–H and O–H groups in total. The van der Waals surface area contributed by atoms with Crippen molar-refractivity contribution in [3.8, 4) is 17.2 Å². The molecule has 0 amide bonds. The molecule has 116 valence electrons. The highest BCUT2D eigenvalue weighted by Crippen LogP contribution is 2.50. The SMILES string of the molecule is COc1c2c(cc3c1[C@H]([C@H](C)N([O-])O)N(C)CC3)OCO2. The molecule has 2 atom stereocenters. The summed E-state index contributed by atoms with van der Waals surface area (Å²) >= 11 is 0. The summed E-state index contributed by atoms with van der Waals surface area (Å²) < 4.78 is 16.5. The van der Waals surface area contributed by atoms with Crippen molar-refractivity contribution in [2.75, 3.05) is 27.5 Å². The van der Waals surface area contributed by atoms with Crippen LogP contribution in [0.15, 0.2) is 6.07 Å². The molecule has 21 heavy (non-hydrogen) atoms. The number of likely N-dealkylation sites (N-methyl/N-ethyl adjacent to an activating group) is 1. The minimum absolute atomic E-state index is 0.000288. The molecular formula is C14H19N2O5-. The molecule has 0 fully saturated rings. The van der Waals surface area contributed by atoms with E-state index in [2.05, 4.69) is 0 Å². The van der Waals surface area contributed by atoms with Crippen LogP contribution in [0.3, 0.4) is 0 Å². The number of hydrogen-bond donors (Lipinski definition) is 1. The third kappa shape index (κ3) is 2.22. The van der Waals surface area contributed by atoms with Crippen LogP contribution >= 0.6 is 0 Å². The fraction of sp³-hybridized carbons (Fsp3) is 0.571. The van der Waals surface area contributed by atoms with Crippen LogP contribution in [0.5, 0.6) is 17.2 Å². The highest BCUT2D eigenvalue weighted by molar-refractivity contribution is 5.62. The van der Waals surface area contributed by atoms with Gasteiger partial charge in [-0.2, -0.15) is 0 Å². The second-order valence-electron chi connectivity index (χ2n) is 5.43. The van der Waals surface area contributed by atoms with Crippen LogP contribution in [-0.2, 0) is 6.42 Å². The topological polar surface area (TPSA) is 77.5 Å². The van der Waals surface area contributed by atoms with E-state index in [-0.39, 0.29) is 18.1 Å². The van der Waals surface area contributed by atoms with Gasteiger partial charge in [-0.05, 0) is 32.0 Å². The van der Waals surface area contributed by atoms with Crippen molar-refractivity contribution in [1.29, 1.82) is 0 Å². The Balaban J connectivity index is 2.16. The lowest BCUT2D eigenvalue weighted by Crippen LogP contribution is -2.43. The first-order chi connectivity index (χ1) is 10.0. The number of fused-ring (bicyclic) bond motifs is 2. The monoisotopic (exact) mass is 295 g/mol. The van der Waals surface area contributed by atoms with E-state index in [1.165, 1.54) is 0 Å². The van der Waals surface area contributed by atoms with Gasteiger partial charge in [0.2, 0.25) is 12.5 Å². The number of benzene rings is 1. The first-order valence-electron chi connectivity index (χ1n) is 6.89. The van der Waals surface area contributed by atoms with E-state index in [0.717, 1.165) is 24.1 Å². The maximum absolute atomic E-state index is 11.4. The van der Waals surface area contributed by atoms with Gasteiger partial charge >= 0.3 is 0 Å². The highest BCUT2D eigenvalue weighted by Gasteiger charge is 2.36. The number of hydrogen-bond acceptors (Lipinski definition) is 7. The van der Waals surface area contributed by atoms with E-state index >= 15 is 0 Å². The first-order valence-corrected chi connectivity index (χ1v) is 6.89. The second-order valence-corrected chi connectivity index (χ2v) is 5.43. The normalized spacial score (nSPS) is 22.3. The smallest absolute Gasteiger partial charge is 0.231 e. The fourth-order valence-electron chi connectivity index (χ4n) is 3.20. The van der Waals surface area contributed by atoms with Gasteiger partial charge in [-0.15, -0.1) is 0 Å². The van der Waals surface area contributed by atoms with Gasteiger partial charge in [-0.1, -0.05) is 0 Å². The average molecular weight is 295 g/mol. The lowest BCUT2D eigenvalue weighted by Gasteiger charge is -2.43. The predicted molar refractivity (Wildman–Crippen MR) is 74.6 cm³/mol. The molecule has 2 heterocycles. The van der Waals surface area contributed by atoms with Crippen molar-refractivity contribution >= 4 is 0 Å². The number of hydroxylamine groups is 2. The molecule has 0 saturated heterocycles. The van der Waals surface area contributed by atoms with Crippen molar-refractivity contribution in [2.24, 2.45) is 0 Å². The van der Waals surface area contributed by atoms with E-state index in [4.69, 9.17) is 14.2 Å². The summed E-state index contributed by atoms with van der Waals surface area (Å²) in [6, 6.07) is 1.04. The number of rotatable bonds is 3. The molecule has 0 radical (unpaired) electrons. The molecule has 1 aromatic rings. The Labute approximate surface area is 123 Å². The molecule has 0 saturated carbocycles. The van der Waals surface area contributed by atoms with Crippen molar-refractivity contribution in [3.63, 3.8) is 0 Å². The summed E-state index contributed by atoms with van der Waals surface area (Å²) in [5, 5.41) is 20.7. The Morgan fingerprint density at radius 2 is 2.29 bits per heavy atom. The fourth-order valence-corrected chi connectivity index (χ4v) is 3.20. The summed E-state index contributed by atoms with van der Waals surface area (Å²) in [6.07, 6.45) is 0.826. The van der Waals surface area contributed by atoms with Crippen molar-refractivity contribution in [3.05, 3.63) is 22.4 Å². The summed E-state index contributed by atoms with van der Waals surface area (Å²) in [5.41, 5.74) is 1.95. The Morgan fingerprint density at radius 3 is 2.95 bits per heavy atom. The van der Waals surface area contributed by atoms with E-state index in [9.17, 15) is 10.4 Å². The lowest BCUT2D eigenvalue weighted by atomic mass is 9.88. The van der Waals surface area contributed by atoms with Gasteiger partial charge < -0.3 is 24.6 Å². The molecule has 0 spiro atoms. The van der Waals surface area contributed by atoms with Gasteiger partial charge in [0.1, 0.15) is 0 Å². The van der Waals surface area contributed by atoms with E-state index < -0.39 is 6.04 Å². The maximum Gasteiger partial charge on any atom is 0.231 e. The summed E-state index contributed by atoms with van der Waals surface area (Å²) in [6.45, 7) is 2.64. The van der Waals surface area contributed by atoms with Gasteiger partial charge in [0.15, 0.2) is 11.5 Å². The Morgan fingerprint density at radius 1 is 1.52 bits per heavy atom. The van der Waals surface area contributed by atoms with Gasteiger partial charge in [0.25, 0.3) is 0 Å². The number of nitrogens with zero attached hydrogens (tertiary/aromatic N) is 2. The summed E-state index contributed by atoms with van der Waals surface area (Å²) in [4.78, 5) is 2.04. The minimum Gasteiger partial charge on any atom is -0.762 e. The largest absolute Gasteiger partial charge is 0.762 e. The molecule has 0 aliphatic carbocycles. The highest BCUT2D eigenvalue weighted by atomic mass is 16.8. The zero-order valence-corrected chi connectivity index (χ0v) is 12.3. The summed E-state index contributed by atoms with van der Waals surface area (Å²) in [7, 11) is 3.50. The van der Waals surface area contributed by atoms with Gasteiger partial charge in [-0.3, -0.25) is 10.1 Å². The minimum atomic E-state index is -0.622. The van der Waals surface area contributed by atoms with Crippen LogP contribution in [0.25, 0.3) is 0 Å². The number of methoxy groups -OCH3 is 1. The maximum atomic E-state index is 11.4. The third-order valence-corrected chi connectivity index (χ3v) is 4.26. The first kappa shape index (κ1) is 14.4. The van der Waals surface area contributed by atoms with E-state index in [1.807, 2.05) is 18.0 Å². The molecule has 1 aromatic carbocycles. The van der Waals surface area contributed by atoms with Crippen molar-refractivity contribution in [2.45, 2.75) is 25.4 Å². The van der Waals surface area contributed by atoms with Crippen LogP contribution in [0.4, 0.5) is 0 Å². The van der Waals surface area contributed by atoms with Gasteiger partial charge in [-0.25, -0.2) is 0 Å². The molecule has 7 nitrogen and oxygen atoms in total. The van der Waals surface area contributed by atoms with E-state index in [1.54, 1.807) is 14.0 Å². The number of ether oxygens (including phenoxy) is 3. The standard InChI is InChI=1S/C14H19N2O5/c1-8(16(17)18)12-11-9(4-5-15(12)2)6-10-13(14(11)19-3)21-7-20-10/h6,8,12,17H,4-5,7H2,1-3H3/q-1/t8-,12-/m0/s1. The molecule has 0 bridgehead atoms. The van der Waals surface area contributed by atoms with Crippen LogP contribution in [0, 0.1) is 5.21 Å². The molecule has 0 aromatic heterocycles. The Hall–Kier alpha value is -1.54. The molecule has 3 rings (SSSR count). The average Bonchev–Trinajstić information content (AvgIpc) is 2.92. The van der Waals surface area contributed by atoms with Crippen molar-refractivity contribution < 1.29 is 19.4 Å². The van der Waals surface area contributed by atoms with Crippen LogP contribution in [0.1, 0.15) is 24.1 Å². The van der Waals surface area contributed by atoms with Crippen LogP contribution in [0.2, 0.25) is 0 Å². The van der Waals surface area contributed by atoms with Gasteiger partial charge in [0, 0.05) is 18.2 Å². The van der Waals surface area contributed by atoms with E-state index in [0.29, 0.717) is 17.2 Å². The lowest BCUT2D eigenvalue weighted by molar-refractivity contribution is -0.0976. The molecule has 0 unspecified atom stereocenters. The Kier molecular flexibility index (Phi) is 3.66. The molecular weight excluding hydrogens is 276 g/mol. The van der Waals surface area contributed by atoms with Gasteiger partial charge in [0.05, 0.1) is 13.2 Å². The molecule has 7 heteroatoms. The zero-order valence-electron chi connectivity index (χ0n) is 12.3. The predicted octanol–water partition coefficient (Wildman–Crippen LogP) is 1.53. The molecule has 2 aliphatic rings. The van der Waals surface area contributed by atoms with Crippen LogP contribution in [-0.4, -0.2) is 48.9 Å². The summed E-state index contributed by atoms with van der Waals surface area (Å²) in [5.74, 6) is 1.83. The van der Waals surface area contributed by atoms with Crippen LogP contribution < -0.4 is 14.2 Å². The quantitative estimate of drug-likeness (QED) is 0.847. The Bertz CT molecular complexity index is 549. The zero-order chi connectivity index (χ0) is 15.1.